The van der Waals surface area contributed by atoms with Crippen LogP contribution in [0, 0.1) is 11.6 Å². The minimum atomic E-state index is -0.639. The van der Waals surface area contributed by atoms with Crippen molar-refractivity contribution in [2.24, 2.45) is 0 Å². The van der Waals surface area contributed by atoms with E-state index in [1.54, 1.807) is 0 Å². The molecule has 1 aromatic heterocycles. The lowest BCUT2D eigenvalue weighted by Gasteiger charge is -2.01. The summed E-state index contributed by atoms with van der Waals surface area (Å²) in [6, 6.07) is 3.32. The Morgan fingerprint density at radius 1 is 1.08 bits per heavy atom. The SMILES string of the molecule is Fc1ccc(-n2cnnc2)c(F)c1. The van der Waals surface area contributed by atoms with Crippen LogP contribution in [-0.4, -0.2) is 14.8 Å². The van der Waals surface area contributed by atoms with Crippen molar-refractivity contribution in [3.05, 3.63) is 42.5 Å². The van der Waals surface area contributed by atoms with Gasteiger partial charge in [-0.1, -0.05) is 0 Å². The van der Waals surface area contributed by atoms with E-state index < -0.39 is 11.6 Å². The fourth-order valence-corrected chi connectivity index (χ4v) is 1.02. The monoisotopic (exact) mass is 181 g/mol. The molecule has 2 rings (SSSR count). The van der Waals surface area contributed by atoms with Crippen molar-refractivity contribution in [3.8, 4) is 5.69 Å². The van der Waals surface area contributed by atoms with Crippen LogP contribution in [0.25, 0.3) is 5.69 Å². The summed E-state index contributed by atoms with van der Waals surface area (Å²) in [5, 5.41) is 7.03. The average Bonchev–Trinajstić information content (AvgIpc) is 2.56. The third-order valence-electron chi connectivity index (χ3n) is 1.61. The summed E-state index contributed by atoms with van der Waals surface area (Å²) in [7, 11) is 0. The van der Waals surface area contributed by atoms with Crippen molar-refractivity contribution in [1.82, 2.24) is 14.8 Å². The number of halogens is 2. The lowest BCUT2D eigenvalue weighted by Crippen LogP contribution is -1.94. The molecular formula is C8H5F2N3. The largest absolute Gasteiger partial charge is 0.285 e. The van der Waals surface area contributed by atoms with Crippen LogP contribution < -0.4 is 0 Å². The first kappa shape index (κ1) is 7.85. The predicted molar refractivity (Wildman–Crippen MR) is 41.3 cm³/mol. The quantitative estimate of drug-likeness (QED) is 0.668. The highest BCUT2D eigenvalue weighted by Crippen LogP contribution is 2.13. The van der Waals surface area contributed by atoms with Gasteiger partial charge < -0.3 is 0 Å². The van der Waals surface area contributed by atoms with Crippen LogP contribution in [0.3, 0.4) is 0 Å². The molecule has 66 valence electrons. The van der Waals surface area contributed by atoms with Crippen LogP contribution >= 0.6 is 0 Å². The molecule has 0 bridgehead atoms. The summed E-state index contributed by atoms with van der Waals surface area (Å²) < 4.78 is 27.0. The predicted octanol–water partition coefficient (Wildman–Crippen LogP) is 1.55. The molecular weight excluding hydrogens is 176 g/mol. The highest BCUT2D eigenvalue weighted by atomic mass is 19.1. The van der Waals surface area contributed by atoms with E-state index in [-0.39, 0.29) is 5.69 Å². The summed E-state index contributed by atoms with van der Waals surface area (Å²) in [4.78, 5) is 0. The summed E-state index contributed by atoms with van der Waals surface area (Å²) in [6.45, 7) is 0. The van der Waals surface area contributed by atoms with Crippen molar-refractivity contribution < 1.29 is 8.78 Å². The second kappa shape index (κ2) is 2.93. The Balaban J connectivity index is 2.53. The van der Waals surface area contributed by atoms with Gasteiger partial charge >= 0.3 is 0 Å². The van der Waals surface area contributed by atoms with Gasteiger partial charge in [0, 0.05) is 6.07 Å². The highest BCUT2D eigenvalue weighted by Gasteiger charge is 2.04. The van der Waals surface area contributed by atoms with Gasteiger partial charge in [-0.25, -0.2) is 8.78 Å². The molecule has 5 heteroatoms. The van der Waals surface area contributed by atoms with E-state index in [4.69, 9.17) is 0 Å². The number of hydrogen-bond acceptors (Lipinski definition) is 2. The number of nitrogens with zero attached hydrogens (tertiary/aromatic N) is 3. The Hall–Kier alpha value is -1.78. The summed E-state index contributed by atoms with van der Waals surface area (Å²) in [6.07, 6.45) is 2.69. The maximum Gasteiger partial charge on any atom is 0.150 e. The topological polar surface area (TPSA) is 30.7 Å². The molecule has 0 aliphatic heterocycles. The highest BCUT2D eigenvalue weighted by molar-refractivity contribution is 5.32. The first-order valence-corrected chi connectivity index (χ1v) is 3.57. The van der Waals surface area contributed by atoms with Crippen LogP contribution in [0.4, 0.5) is 8.78 Å². The molecule has 0 amide bonds. The molecule has 0 N–H and O–H groups in total. The van der Waals surface area contributed by atoms with E-state index in [0.717, 1.165) is 6.07 Å². The summed E-state index contributed by atoms with van der Waals surface area (Å²) >= 11 is 0. The van der Waals surface area contributed by atoms with Crippen LogP contribution in [0.5, 0.6) is 0 Å². The first-order chi connectivity index (χ1) is 6.27. The minimum absolute atomic E-state index is 0.228. The van der Waals surface area contributed by atoms with E-state index in [2.05, 4.69) is 10.2 Å². The molecule has 0 aliphatic carbocycles. The maximum atomic E-state index is 13.1. The number of hydrogen-bond donors (Lipinski definition) is 0. The molecule has 0 saturated carbocycles. The minimum Gasteiger partial charge on any atom is -0.285 e. The van der Waals surface area contributed by atoms with Gasteiger partial charge in [0.15, 0.2) is 0 Å². The molecule has 2 aromatic rings. The molecule has 0 radical (unpaired) electrons. The van der Waals surface area contributed by atoms with Gasteiger partial charge in [0.2, 0.25) is 0 Å². The smallest absolute Gasteiger partial charge is 0.150 e. The van der Waals surface area contributed by atoms with Crippen molar-refractivity contribution in [1.29, 1.82) is 0 Å². The average molecular weight is 181 g/mol. The molecule has 0 fully saturated rings. The van der Waals surface area contributed by atoms with Crippen molar-refractivity contribution in [2.75, 3.05) is 0 Å². The van der Waals surface area contributed by atoms with Gasteiger partial charge in [0.1, 0.15) is 24.3 Å². The fourth-order valence-electron chi connectivity index (χ4n) is 1.02. The fraction of sp³-hybridized carbons (Fsp3) is 0. The second-order valence-electron chi connectivity index (χ2n) is 2.46. The van der Waals surface area contributed by atoms with Crippen LogP contribution in [-0.2, 0) is 0 Å². The van der Waals surface area contributed by atoms with Gasteiger partial charge in [-0.05, 0) is 12.1 Å². The van der Waals surface area contributed by atoms with E-state index in [1.807, 2.05) is 0 Å². The Morgan fingerprint density at radius 3 is 2.38 bits per heavy atom. The van der Waals surface area contributed by atoms with Gasteiger partial charge in [-0.15, -0.1) is 10.2 Å². The maximum absolute atomic E-state index is 13.1. The standard InChI is InChI=1S/C8H5F2N3/c9-6-1-2-8(7(10)3-6)13-4-11-12-5-13/h1-5H. The third kappa shape index (κ3) is 1.40. The molecule has 0 saturated heterocycles. The Kier molecular flexibility index (Phi) is 1.77. The number of aromatic nitrogens is 3. The van der Waals surface area contributed by atoms with Crippen molar-refractivity contribution in [2.45, 2.75) is 0 Å². The molecule has 0 aliphatic rings. The van der Waals surface area contributed by atoms with Gasteiger partial charge in [-0.3, -0.25) is 4.57 Å². The Labute approximate surface area is 72.6 Å². The zero-order valence-electron chi connectivity index (χ0n) is 6.48. The molecule has 1 heterocycles. The Morgan fingerprint density at radius 2 is 1.77 bits per heavy atom. The third-order valence-corrected chi connectivity index (χ3v) is 1.61. The van der Waals surface area contributed by atoms with E-state index in [0.29, 0.717) is 0 Å². The van der Waals surface area contributed by atoms with Crippen molar-refractivity contribution >= 4 is 0 Å². The molecule has 13 heavy (non-hydrogen) atoms. The molecule has 0 atom stereocenters. The van der Waals surface area contributed by atoms with Crippen molar-refractivity contribution in [3.63, 3.8) is 0 Å². The van der Waals surface area contributed by atoms with E-state index in [1.165, 1.54) is 29.4 Å². The normalized spacial score (nSPS) is 10.3. The number of benzene rings is 1. The first-order valence-electron chi connectivity index (χ1n) is 3.57. The van der Waals surface area contributed by atoms with Crippen LogP contribution in [0.2, 0.25) is 0 Å². The second-order valence-corrected chi connectivity index (χ2v) is 2.46. The van der Waals surface area contributed by atoms with E-state index in [9.17, 15) is 8.78 Å². The summed E-state index contributed by atoms with van der Waals surface area (Å²) in [5.74, 6) is -1.24. The van der Waals surface area contributed by atoms with Crippen LogP contribution in [0.15, 0.2) is 30.9 Å². The molecule has 0 spiro atoms. The van der Waals surface area contributed by atoms with Crippen LogP contribution in [0.1, 0.15) is 0 Å². The molecule has 0 unspecified atom stereocenters. The van der Waals surface area contributed by atoms with E-state index >= 15 is 0 Å². The van der Waals surface area contributed by atoms with Gasteiger partial charge in [0.05, 0.1) is 5.69 Å². The zero-order valence-corrected chi connectivity index (χ0v) is 6.48. The molecule has 1 aromatic carbocycles. The van der Waals surface area contributed by atoms with Gasteiger partial charge in [0.25, 0.3) is 0 Å². The Bertz CT molecular complexity index is 411. The number of rotatable bonds is 1. The lowest BCUT2D eigenvalue weighted by molar-refractivity contribution is 0.577. The summed E-state index contributed by atoms with van der Waals surface area (Å²) in [5.41, 5.74) is 0.228. The zero-order chi connectivity index (χ0) is 9.26. The van der Waals surface area contributed by atoms with Gasteiger partial charge in [-0.2, -0.15) is 0 Å². The lowest BCUT2D eigenvalue weighted by atomic mass is 10.3. The molecule has 3 nitrogen and oxygen atoms in total.